The molecule has 0 fully saturated rings. The molecule has 2 atom stereocenters. The minimum atomic E-state index is -1.37. The largest absolute Gasteiger partial charge is 0.550 e. The van der Waals surface area contributed by atoms with E-state index in [1.165, 1.54) is 0 Å². The van der Waals surface area contributed by atoms with Crippen LogP contribution in [0.25, 0.3) is 0 Å². The van der Waals surface area contributed by atoms with Crippen molar-refractivity contribution in [1.82, 2.24) is 0 Å². The van der Waals surface area contributed by atoms with E-state index in [0.29, 0.717) is 0 Å². The molecule has 0 saturated heterocycles. The summed E-state index contributed by atoms with van der Waals surface area (Å²) in [6.07, 6.45) is -1.77. The van der Waals surface area contributed by atoms with Gasteiger partial charge in [0.25, 0.3) is 0 Å². The van der Waals surface area contributed by atoms with Gasteiger partial charge in [-0.2, -0.15) is 0 Å². The third-order valence-electron chi connectivity index (χ3n) is 0.533. The van der Waals surface area contributed by atoms with Crippen molar-refractivity contribution in [2.24, 2.45) is 0 Å². The first-order chi connectivity index (χ1) is 7.09. The van der Waals surface area contributed by atoms with E-state index < -0.39 is 37.2 Å². The average Bonchev–Trinajstić information content (AvgIpc) is 1.98. The lowest BCUT2D eigenvalue weighted by molar-refractivity contribution is -0.476. The van der Waals surface area contributed by atoms with Gasteiger partial charge >= 0.3 is 0 Å². The summed E-state index contributed by atoms with van der Waals surface area (Å²) < 4.78 is 0. The predicted molar refractivity (Wildman–Crippen MR) is 48.4 cm³/mol. The number of aliphatic hydroxyl groups excluding tert-OH is 2. The van der Waals surface area contributed by atoms with E-state index in [0.717, 1.165) is 0 Å². The lowest BCUT2D eigenvalue weighted by atomic mass is 10.3. The number of carboxylic acid groups (broad SMARTS) is 2. The Balaban J connectivity index is -0.000000179. The maximum absolute atomic E-state index is 9.50. The highest BCUT2D eigenvalue weighted by Crippen LogP contribution is 1.81. The Morgan fingerprint density at radius 1 is 1.00 bits per heavy atom. The molecule has 98 valence electrons. The molecule has 0 bridgehead atoms. The highest BCUT2D eigenvalue weighted by atomic mass is 16.4. The Hall–Kier alpha value is -1.22. The Kier molecular flexibility index (Phi) is 17.4. The van der Waals surface area contributed by atoms with Crippen LogP contribution in [0.2, 0.25) is 0 Å². The third kappa shape index (κ3) is 124. The van der Waals surface area contributed by atoms with Gasteiger partial charge in [0.05, 0.1) is 0 Å². The maximum atomic E-state index is 9.50. The molecule has 8 heteroatoms. The molecule has 0 aromatic heterocycles. The van der Waals surface area contributed by atoms with E-state index in [-0.39, 0.29) is 0 Å². The number of aliphatic carboxylic acids is 2. The van der Waals surface area contributed by atoms with Crippen molar-refractivity contribution in [2.45, 2.75) is 39.1 Å². The van der Waals surface area contributed by atoms with E-state index in [2.05, 4.69) is 11.5 Å². The second-order valence-corrected chi connectivity index (χ2v) is 2.94. The van der Waals surface area contributed by atoms with E-state index in [1.54, 1.807) is 13.8 Å². The molecule has 0 spiro atoms. The SMILES string of the molecule is CC([NH3+])O.CC([NH3+])O.O=C([O-])CCC(=O)[O-]. The number of hydrogen-bond donors (Lipinski definition) is 4. The smallest absolute Gasteiger partial charge is 0.182 e. The summed E-state index contributed by atoms with van der Waals surface area (Å²) in [7, 11) is 0. The first-order valence-corrected chi connectivity index (χ1v) is 4.51. The van der Waals surface area contributed by atoms with Crippen LogP contribution in [0.3, 0.4) is 0 Å². The fourth-order valence-electron chi connectivity index (χ4n) is 0.204. The third-order valence-corrected chi connectivity index (χ3v) is 0.533. The molecule has 0 aliphatic heterocycles. The van der Waals surface area contributed by atoms with Gasteiger partial charge < -0.3 is 41.5 Å². The topological polar surface area (TPSA) is 176 Å². The minimum absolute atomic E-state index is 0.417. The second-order valence-electron chi connectivity index (χ2n) is 2.94. The van der Waals surface area contributed by atoms with Gasteiger partial charge in [-0.05, 0) is 12.8 Å². The van der Waals surface area contributed by atoms with Crippen molar-refractivity contribution >= 4 is 11.9 Å². The second kappa shape index (κ2) is 13.8. The van der Waals surface area contributed by atoms with Gasteiger partial charge in [-0.3, -0.25) is 0 Å². The number of aliphatic hydroxyl groups is 2. The van der Waals surface area contributed by atoms with Crippen LogP contribution < -0.4 is 21.7 Å². The molecule has 0 heterocycles. The van der Waals surface area contributed by atoms with Crippen molar-refractivity contribution in [3.05, 3.63) is 0 Å². The van der Waals surface area contributed by atoms with E-state index >= 15 is 0 Å². The van der Waals surface area contributed by atoms with Crippen LogP contribution in [0.5, 0.6) is 0 Å². The summed E-state index contributed by atoms with van der Waals surface area (Å²) in [6, 6.07) is 0. The molecule has 0 amide bonds. The number of carboxylic acids is 2. The van der Waals surface area contributed by atoms with E-state index in [1.807, 2.05) is 0 Å². The maximum Gasteiger partial charge on any atom is 0.182 e. The van der Waals surface area contributed by atoms with Gasteiger partial charge in [-0.25, -0.2) is 0 Å². The Labute approximate surface area is 93.5 Å². The minimum Gasteiger partial charge on any atom is -0.550 e. The highest BCUT2D eigenvalue weighted by Gasteiger charge is 1.85. The van der Waals surface area contributed by atoms with Crippen LogP contribution in [0.15, 0.2) is 0 Å². The standard InChI is InChI=1S/C4H6O4.2C2H7NO/c5-3(6)1-2-4(7)8;2*1-2(3)4/h1-2H2,(H,5,6)(H,7,8);2*2,4H,3H2,1H3. The molecule has 8 nitrogen and oxygen atoms in total. The van der Waals surface area contributed by atoms with Crippen molar-refractivity contribution in [1.29, 1.82) is 0 Å². The van der Waals surface area contributed by atoms with Crippen molar-refractivity contribution < 1.29 is 41.5 Å². The molecule has 0 aliphatic rings. The van der Waals surface area contributed by atoms with Crippen LogP contribution >= 0.6 is 0 Å². The van der Waals surface area contributed by atoms with Crippen LogP contribution in [0.1, 0.15) is 26.7 Å². The molecule has 0 aliphatic carbocycles. The predicted octanol–water partition coefficient (Wildman–Crippen LogP) is -5.60. The van der Waals surface area contributed by atoms with Crippen molar-refractivity contribution in [2.75, 3.05) is 0 Å². The summed E-state index contributed by atoms with van der Waals surface area (Å²) in [4.78, 5) is 19.0. The normalized spacial score (nSPS) is 12.1. The first-order valence-electron chi connectivity index (χ1n) is 4.51. The summed E-state index contributed by atoms with van der Waals surface area (Å²) in [5.74, 6) is -2.73. The molecule has 0 aromatic rings. The Morgan fingerprint density at radius 3 is 1.19 bits per heavy atom. The van der Waals surface area contributed by atoms with Crippen molar-refractivity contribution in [3.63, 3.8) is 0 Å². The Morgan fingerprint density at radius 2 is 1.12 bits per heavy atom. The lowest BCUT2D eigenvalue weighted by Gasteiger charge is -2.00. The molecular weight excluding hydrogens is 220 g/mol. The molecule has 0 radical (unpaired) electrons. The number of hydrogen-bond acceptors (Lipinski definition) is 6. The summed E-state index contributed by atoms with van der Waals surface area (Å²) in [6.45, 7) is 3.22. The van der Waals surface area contributed by atoms with Crippen LogP contribution in [0, 0.1) is 0 Å². The molecule has 0 saturated carbocycles. The fraction of sp³-hybridized carbons (Fsp3) is 0.750. The number of carbonyl (C=O) groups is 2. The van der Waals surface area contributed by atoms with Gasteiger partial charge in [0.1, 0.15) is 0 Å². The van der Waals surface area contributed by atoms with E-state index in [9.17, 15) is 19.8 Å². The van der Waals surface area contributed by atoms with Gasteiger partial charge in [0, 0.05) is 25.8 Å². The number of rotatable bonds is 3. The quantitative estimate of drug-likeness (QED) is 0.357. The number of quaternary nitrogens is 2. The van der Waals surface area contributed by atoms with Gasteiger partial charge in [-0.15, -0.1) is 0 Å². The van der Waals surface area contributed by atoms with Gasteiger partial charge in [0.15, 0.2) is 12.5 Å². The van der Waals surface area contributed by atoms with E-state index in [4.69, 9.17) is 10.2 Å². The zero-order chi connectivity index (χ0) is 13.7. The van der Waals surface area contributed by atoms with Crippen LogP contribution in [-0.2, 0) is 9.59 Å². The van der Waals surface area contributed by atoms with Crippen LogP contribution in [-0.4, -0.2) is 34.6 Å². The summed E-state index contributed by atoms with van der Waals surface area (Å²) >= 11 is 0. The molecule has 0 rings (SSSR count). The summed E-state index contributed by atoms with van der Waals surface area (Å²) in [5.41, 5.74) is 6.39. The number of carbonyl (C=O) groups excluding carboxylic acids is 2. The lowest BCUT2D eigenvalue weighted by Crippen LogP contribution is -2.58. The highest BCUT2D eigenvalue weighted by molar-refractivity contribution is 5.72. The molecule has 2 unspecified atom stereocenters. The van der Waals surface area contributed by atoms with Gasteiger partial charge in [-0.1, -0.05) is 0 Å². The molecule has 0 aromatic carbocycles. The summed E-state index contributed by atoms with van der Waals surface area (Å²) in [5, 5.41) is 34.9. The average molecular weight is 240 g/mol. The fourth-order valence-corrected chi connectivity index (χ4v) is 0.204. The van der Waals surface area contributed by atoms with Crippen molar-refractivity contribution in [3.8, 4) is 0 Å². The zero-order valence-corrected chi connectivity index (χ0v) is 9.51. The molecular formula is C8H20N2O6. The van der Waals surface area contributed by atoms with Gasteiger partial charge in [0.2, 0.25) is 0 Å². The monoisotopic (exact) mass is 240 g/mol. The van der Waals surface area contributed by atoms with Crippen LogP contribution in [0.4, 0.5) is 0 Å². The Bertz CT molecular complexity index is 158. The first kappa shape index (κ1) is 20.2. The molecule has 16 heavy (non-hydrogen) atoms. The molecule has 8 N–H and O–H groups in total. The zero-order valence-electron chi connectivity index (χ0n) is 9.51.